The van der Waals surface area contributed by atoms with E-state index in [1.807, 2.05) is 0 Å². The maximum Gasteiger partial charge on any atom is 0.242 e. The summed E-state index contributed by atoms with van der Waals surface area (Å²) in [5.41, 5.74) is 2.35. The summed E-state index contributed by atoms with van der Waals surface area (Å²) in [5.74, 6) is -0.167. The Bertz CT molecular complexity index is 934. The van der Waals surface area contributed by atoms with Crippen molar-refractivity contribution in [3.63, 3.8) is 0 Å². The van der Waals surface area contributed by atoms with Crippen molar-refractivity contribution in [3.8, 4) is 0 Å². The van der Waals surface area contributed by atoms with Crippen LogP contribution in [-0.2, 0) is 21.4 Å². The molecular formula is C20H29N3O3S2. The molecule has 1 N–H and O–H groups in total. The molecule has 2 aromatic rings. The quantitative estimate of drug-likeness (QED) is 0.706. The highest BCUT2D eigenvalue weighted by molar-refractivity contribution is 7.89. The van der Waals surface area contributed by atoms with Crippen molar-refractivity contribution in [2.24, 2.45) is 0 Å². The van der Waals surface area contributed by atoms with Crippen LogP contribution in [0.5, 0.6) is 0 Å². The van der Waals surface area contributed by atoms with E-state index in [1.54, 1.807) is 30.4 Å². The predicted octanol–water partition coefficient (Wildman–Crippen LogP) is 3.46. The molecule has 8 heteroatoms. The Morgan fingerprint density at radius 3 is 2.36 bits per heavy atom. The first-order valence-electron chi connectivity index (χ1n) is 9.12. The number of anilines is 1. The zero-order valence-corrected chi connectivity index (χ0v) is 18.9. The lowest BCUT2D eigenvalue weighted by Crippen LogP contribution is -2.37. The SMILES string of the molecule is Cc1ccc(NC(=O)CN(Cc2sccc2C)C(C)C)cc1S(=O)(=O)N(C)C. The molecule has 154 valence electrons. The van der Waals surface area contributed by atoms with Crippen LogP contribution in [0.2, 0.25) is 0 Å². The molecule has 1 heterocycles. The van der Waals surface area contributed by atoms with Crippen LogP contribution in [0.1, 0.15) is 29.9 Å². The molecule has 0 atom stereocenters. The van der Waals surface area contributed by atoms with E-state index in [1.165, 1.54) is 34.9 Å². The Balaban J connectivity index is 2.14. The van der Waals surface area contributed by atoms with Crippen LogP contribution in [0.4, 0.5) is 5.69 Å². The molecule has 1 aromatic carbocycles. The predicted molar refractivity (Wildman–Crippen MR) is 115 cm³/mol. The third-order valence-corrected chi connectivity index (χ3v) is 7.59. The second kappa shape index (κ2) is 9.17. The second-order valence-corrected chi connectivity index (χ2v) is 10.5. The molecule has 6 nitrogen and oxygen atoms in total. The monoisotopic (exact) mass is 423 g/mol. The molecule has 0 spiro atoms. The fourth-order valence-corrected chi connectivity index (χ4v) is 4.78. The smallest absolute Gasteiger partial charge is 0.242 e. The highest BCUT2D eigenvalue weighted by atomic mass is 32.2. The van der Waals surface area contributed by atoms with Crippen LogP contribution in [0.3, 0.4) is 0 Å². The topological polar surface area (TPSA) is 69.7 Å². The number of carbonyl (C=O) groups is 1. The first kappa shape index (κ1) is 22.5. The van der Waals surface area contributed by atoms with Gasteiger partial charge in [0.15, 0.2) is 0 Å². The Kier molecular flexibility index (Phi) is 7.39. The van der Waals surface area contributed by atoms with Crippen molar-refractivity contribution in [1.82, 2.24) is 9.21 Å². The van der Waals surface area contributed by atoms with Crippen molar-refractivity contribution in [2.45, 2.75) is 45.2 Å². The number of aryl methyl sites for hydroxylation is 2. The molecule has 0 aliphatic rings. The molecule has 0 saturated carbocycles. The number of benzene rings is 1. The van der Waals surface area contributed by atoms with Gasteiger partial charge in [-0.1, -0.05) is 6.07 Å². The van der Waals surface area contributed by atoms with Crippen LogP contribution >= 0.6 is 11.3 Å². The number of carbonyl (C=O) groups excluding carboxylic acids is 1. The summed E-state index contributed by atoms with van der Waals surface area (Å²) in [7, 11) is -0.582. The zero-order chi connectivity index (χ0) is 21.1. The van der Waals surface area contributed by atoms with Crippen LogP contribution < -0.4 is 5.32 Å². The maximum atomic E-state index is 12.6. The minimum atomic E-state index is -3.57. The molecule has 0 radical (unpaired) electrons. The summed E-state index contributed by atoms with van der Waals surface area (Å²) in [4.78, 5) is 16.2. The van der Waals surface area contributed by atoms with E-state index in [0.717, 1.165) is 0 Å². The van der Waals surface area contributed by atoms with Gasteiger partial charge in [0, 0.05) is 37.2 Å². The Morgan fingerprint density at radius 2 is 1.82 bits per heavy atom. The van der Waals surface area contributed by atoms with E-state index in [9.17, 15) is 13.2 Å². The van der Waals surface area contributed by atoms with Gasteiger partial charge in [0.25, 0.3) is 0 Å². The van der Waals surface area contributed by atoms with Crippen LogP contribution in [-0.4, -0.2) is 50.2 Å². The number of rotatable bonds is 8. The Labute approximate surface area is 172 Å². The third kappa shape index (κ3) is 5.41. The molecule has 28 heavy (non-hydrogen) atoms. The summed E-state index contributed by atoms with van der Waals surface area (Å²) >= 11 is 1.69. The number of nitrogens with one attached hydrogen (secondary N) is 1. The van der Waals surface area contributed by atoms with Gasteiger partial charge in [-0.15, -0.1) is 11.3 Å². The van der Waals surface area contributed by atoms with Gasteiger partial charge in [0.1, 0.15) is 0 Å². The Morgan fingerprint density at radius 1 is 1.14 bits per heavy atom. The molecule has 0 saturated heterocycles. The first-order chi connectivity index (χ1) is 13.0. The molecule has 1 aromatic heterocycles. The molecule has 1 amide bonds. The fourth-order valence-electron chi connectivity index (χ4n) is 2.71. The van der Waals surface area contributed by atoms with Crippen molar-refractivity contribution in [1.29, 1.82) is 0 Å². The second-order valence-electron chi connectivity index (χ2n) is 7.34. The average Bonchev–Trinajstić information content (AvgIpc) is 3.00. The molecular weight excluding hydrogens is 394 g/mol. The molecule has 0 bridgehead atoms. The highest BCUT2D eigenvalue weighted by Crippen LogP contribution is 2.23. The van der Waals surface area contributed by atoms with Crippen molar-refractivity contribution in [2.75, 3.05) is 26.0 Å². The lowest BCUT2D eigenvalue weighted by molar-refractivity contribution is -0.117. The van der Waals surface area contributed by atoms with Gasteiger partial charge in [-0.2, -0.15) is 0 Å². The van der Waals surface area contributed by atoms with Gasteiger partial charge in [0.05, 0.1) is 11.4 Å². The minimum absolute atomic E-state index is 0.167. The van der Waals surface area contributed by atoms with Crippen molar-refractivity contribution in [3.05, 3.63) is 45.6 Å². The number of amides is 1. The Hall–Kier alpha value is -1.74. The van der Waals surface area contributed by atoms with Gasteiger partial charge in [-0.3, -0.25) is 9.69 Å². The summed E-state index contributed by atoms with van der Waals surface area (Å²) in [6.45, 7) is 8.88. The van der Waals surface area contributed by atoms with E-state index in [-0.39, 0.29) is 23.4 Å². The van der Waals surface area contributed by atoms with E-state index >= 15 is 0 Å². The van der Waals surface area contributed by atoms with Gasteiger partial charge in [-0.05, 0) is 62.4 Å². The van der Waals surface area contributed by atoms with Crippen LogP contribution in [0, 0.1) is 13.8 Å². The van der Waals surface area contributed by atoms with Crippen LogP contribution in [0.15, 0.2) is 34.5 Å². The standard InChI is InChI=1S/C20H29N3O3S2/c1-14(2)23(12-18-15(3)9-10-27-18)13-20(24)21-17-8-7-16(4)19(11-17)28(25,26)22(5)6/h7-11,14H,12-13H2,1-6H3,(H,21,24). The summed E-state index contributed by atoms with van der Waals surface area (Å²) < 4.78 is 26.1. The number of nitrogens with zero attached hydrogens (tertiary/aromatic N) is 2. The van der Waals surface area contributed by atoms with E-state index in [0.29, 0.717) is 17.8 Å². The largest absolute Gasteiger partial charge is 0.325 e. The van der Waals surface area contributed by atoms with E-state index in [2.05, 4.69) is 42.4 Å². The number of hydrogen-bond acceptors (Lipinski definition) is 5. The van der Waals surface area contributed by atoms with Crippen molar-refractivity contribution < 1.29 is 13.2 Å². The first-order valence-corrected chi connectivity index (χ1v) is 11.4. The third-order valence-electron chi connectivity index (χ3n) is 4.62. The zero-order valence-electron chi connectivity index (χ0n) is 17.3. The highest BCUT2D eigenvalue weighted by Gasteiger charge is 2.21. The lowest BCUT2D eigenvalue weighted by Gasteiger charge is -2.25. The van der Waals surface area contributed by atoms with Gasteiger partial charge in [-0.25, -0.2) is 12.7 Å². The summed E-state index contributed by atoms with van der Waals surface area (Å²) in [6, 6.07) is 7.24. The normalized spacial score (nSPS) is 12.2. The van der Waals surface area contributed by atoms with E-state index < -0.39 is 10.0 Å². The number of thiophene rings is 1. The van der Waals surface area contributed by atoms with Gasteiger partial charge < -0.3 is 5.32 Å². The van der Waals surface area contributed by atoms with E-state index in [4.69, 9.17) is 0 Å². The summed E-state index contributed by atoms with van der Waals surface area (Å²) in [6.07, 6.45) is 0. The minimum Gasteiger partial charge on any atom is -0.325 e. The lowest BCUT2D eigenvalue weighted by atomic mass is 10.2. The molecule has 0 aliphatic carbocycles. The molecule has 0 fully saturated rings. The molecule has 0 unspecified atom stereocenters. The number of hydrogen-bond donors (Lipinski definition) is 1. The number of sulfonamides is 1. The molecule has 0 aliphatic heterocycles. The average molecular weight is 424 g/mol. The van der Waals surface area contributed by atoms with Gasteiger partial charge in [0.2, 0.25) is 15.9 Å². The van der Waals surface area contributed by atoms with Gasteiger partial charge >= 0.3 is 0 Å². The molecule has 2 rings (SSSR count). The maximum absolute atomic E-state index is 12.6. The summed E-state index contributed by atoms with van der Waals surface area (Å²) in [5, 5.41) is 4.90. The fraction of sp³-hybridized carbons (Fsp3) is 0.450. The van der Waals surface area contributed by atoms with Crippen molar-refractivity contribution >= 4 is 33.0 Å². The van der Waals surface area contributed by atoms with Crippen LogP contribution in [0.25, 0.3) is 0 Å².